The molecule has 0 spiro atoms. The Morgan fingerprint density at radius 2 is 1.96 bits per heavy atom. The molecule has 1 aromatic carbocycles. The molecule has 0 aliphatic carbocycles. The van der Waals surface area contributed by atoms with Gasteiger partial charge in [-0.25, -0.2) is 18.5 Å². The summed E-state index contributed by atoms with van der Waals surface area (Å²) in [7, 11) is -3.77. The number of hydrogen-bond acceptors (Lipinski definition) is 5. The van der Waals surface area contributed by atoms with Crippen LogP contribution in [-0.2, 0) is 21.4 Å². The fraction of sp³-hybridized carbons (Fsp3) is 0.556. The first-order chi connectivity index (χ1) is 12.7. The number of nitrogens with two attached hydrogens (primary N) is 1. The summed E-state index contributed by atoms with van der Waals surface area (Å²) in [6.07, 6.45) is 3.26. The largest absolute Gasteiger partial charge is 0.337 e. The minimum absolute atomic E-state index is 0.0411. The summed E-state index contributed by atoms with van der Waals surface area (Å²) in [4.78, 5) is 19.3. The Kier molecular flexibility index (Phi) is 5.83. The summed E-state index contributed by atoms with van der Waals surface area (Å²) in [5, 5.41) is 5.93. The molecule has 3 rings (SSSR count). The molecular formula is C18H26N4O3S2. The van der Waals surface area contributed by atoms with Crippen molar-refractivity contribution in [1.82, 2.24) is 14.5 Å². The Bertz CT molecular complexity index is 945. The summed E-state index contributed by atoms with van der Waals surface area (Å²) >= 11 is 1.40. The van der Waals surface area contributed by atoms with Gasteiger partial charge in [0.05, 0.1) is 21.7 Å². The minimum atomic E-state index is -3.77. The molecule has 27 heavy (non-hydrogen) atoms. The smallest absolute Gasteiger partial charge is 0.238 e. The SMILES string of the molecule is CCn1c(SCC(=O)N2C(C)CCCC2C)nc2cc(S(N)(=O)=O)ccc21. The number of benzene rings is 1. The maximum absolute atomic E-state index is 12.8. The number of likely N-dealkylation sites (tertiary alicyclic amines) is 1. The van der Waals surface area contributed by atoms with Crippen molar-refractivity contribution in [2.45, 2.75) is 68.7 Å². The Morgan fingerprint density at radius 1 is 1.30 bits per heavy atom. The van der Waals surface area contributed by atoms with Crippen LogP contribution in [-0.4, -0.2) is 46.6 Å². The van der Waals surface area contributed by atoms with Crippen LogP contribution in [0.3, 0.4) is 0 Å². The zero-order chi connectivity index (χ0) is 19.8. The number of imidazole rings is 1. The molecule has 1 aromatic heterocycles. The standard InChI is InChI=1S/C18H26N4O3S2/c1-4-21-16-9-8-14(27(19,24)25)10-15(16)20-18(21)26-11-17(23)22-12(2)6-5-7-13(22)3/h8-10,12-13H,4-7,11H2,1-3H3,(H2,19,24,25). The number of amides is 1. The second-order valence-electron chi connectivity index (χ2n) is 7.05. The molecule has 2 heterocycles. The molecule has 1 saturated heterocycles. The topological polar surface area (TPSA) is 98.3 Å². The van der Waals surface area contributed by atoms with E-state index in [0.717, 1.165) is 24.8 Å². The molecule has 0 radical (unpaired) electrons. The number of rotatable bonds is 5. The monoisotopic (exact) mass is 410 g/mol. The van der Waals surface area contributed by atoms with Gasteiger partial charge in [-0.1, -0.05) is 11.8 Å². The number of carbonyl (C=O) groups is 1. The molecule has 1 aliphatic rings. The lowest BCUT2D eigenvalue weighted by Crippen LogP contribution is -2.48. The number of fused-ring (bicyclic) bond motifs is 1. The fourth-order valence-electron chi connectivity index (χ4n) is 3.79. The predicted octanol–water partition coefficient (Wildman–Crippen LogP) is 2.59. The molecule has 0 saturated carbocycles. The van der Waals surface area contributed by atoms with Crippen molar-refractivity contribution in [1.29, 1.82) is 0 Å². The molecule has 2 unspecified atom stereocenters. The molecule has 9 heteroatoms. The van der Waals surface area contributed by atoms with Gasteiger partial charge in [0.15, 0.2) is 5.16 Å². The highest BCUT2D eigenvalue weighted by Gasteiger charge is 2.29. The lowest BCUT2D eigenvalue weighted by molar-refractivity contribution is -0.134. The number of primary sulfonamides is 1. The Balaban J connectivity index is 1.83. The Morgan fingerprint density at radius 3 is 2.56 bits per heavy atom. The number of nitrogens with zero attached hydrogens (tertiary/aromatic N) is 3. The lowest BCUT2D eigenvalue weighted by Gasteiger charge is -2.39. The highest BCUT2D eigenvalue weighted by Crippen LogP contribution is 2.28. The predicted molar refractivity (Wildman–Crippen MR) is 107 cm³/mol. The quantitative estimate of drug-likeness (QED) is 0.764. The van der Waals surface area contributed by atoms with Gasteiger partial charge < -0.3 is 9.47 Å². The summed E-state index contributed by atoms with van der Waals surface area (Å²) < 4.78 is 25.1. The molecule has 2 atom stereocenters. The minimum Gasteiger partial charge on any atom is -0.337 e. The molecule has 2 aromatic rings. The van der Waals surface area contributed by atoms with Crippen molar-refractivity contribution >= 4 is 38.7 Å². The second-order valence-corrected chi connectivity index (χ2v) is 9.56. The molecule has 0 bridgehead atoms. The van der Waals surface area contributed by atoms with E-state index in [9.17, 15) is 13.2 Å². The van der Waals surface area contributed by atoms with Gasteiger partial charge in [0, 0.05) is 18.6 Å². The number of carbonyl (C=O) groups excluding carboxylic acids is 1. The van der Waals surface area contributed by atoms with Gasteiger partial charge in [0.25, 0.3) is 0 Å². The van der Waals surface area contributed by atoms with Gasteiger partial charge in [0.2, 0.25) is 15.9 Å². The third-order valence-electron chi connectivity index (χ3n) is 5.14. The molecule has 2 N–H and O–H groups in total. The van der Waals surface area contributed by atoms with E-state index in [1.165, 1.54) is 23.9 Å². The van der Waals surface area contributed by atoms with Gasteiger partial charge >= 0.3 is 0 Å². The number of thioether (sulfide) groups is 1. The second kappa shape index (κ2) is 7.81. The fourth-order valence-corrected chi connectivity index (χ4v) is 5.28. The first kappa shape index (κ1) is 20.2. The van der Waals surface area contributed by atoms with Crippen molar-refractivity contribution in [3.63, 3.8) is 0 Å². The van der Waals surface area contributed by atoms with Crippen molar-refractivity contribution in [3.8, 4) is 0 Å². The van der Waals surface area contributed by atoms with Crippen LogP contribution >= 0.6 is 11.8 Å². The van der Waals surface area contributed by atoms with E-state index in [2.05, 4.69) is 18.8 Å². The van der Waals surface area contributed by atoms with Gasteiger partial charge in [-0.3, -0.25) is 4.79 Å². The van der Waals surface area contributed by atoms with Gasteiger partial charge in [0.1, 0.15) is 0 Å². The summed E-state index contributed by atoms with van der Waals surface area (Å²) in [6.45, 7) is 6.89. The van der Waals surface area contributed by atoms with E-state index >= 15 is 0 Å². The molecule has 7 nitrogen and oxygen atoms in total. The van der Waals surface area contributed by atoms with E-state index in [4.69, 9.17) is 5.14 Å². The Hall–Kier alpha value is -1.58. The lowest BCUT2D eigenvalue weighted by atomic mass is 9.98. The van der Waals surface area contributed by atoms with E-state index in [1.807, 2.05) is 16.4 Å². The zero-order valence-corrected chi connectivity index (χ0v) is 17.5. The first-order valence-electron chi connectivity index (χ1n) is 9.19. The number of aromatic nitrogens is 2. The molecule has 1 fully saturated rings. The van der Waals surface area contributed by atoms with E-state index in [-0.39, 0.29) is 22.9 Å². The van der Waals surface area contributed by atoms with E-state index < -0.39 is 10.0 Å². The highest BCUT2D eigenvalue weighted by molar-refractivity contribution is 7.99. The normalized spacial score (nSPS) is 21.0. The van der Waals surface area contributed by atoms with Crippen LogP contribution in [0.2, 0.25) is 0 Å². The van der Waals surface area contributed by atoms with Crippen LogP contribution in [0.5, 0.6) is 0 Å². The van der Waals surface area contributed by atoms with Crippen molar-refractivity contribution < 1.29 is 13.2 Å². The van der Waals surface area contributed by atoms with Gasteiger partial charge in [-0.2, -0.15) is 0 Å². The van der Waals surface area contributed by atoms with Crippen LogP contribution < -0.4 is 5.14 Å². The number of piperidine rings is 1. The zero-order valence-electron chi connectivity index (χ0n) is 15.9. The van der Waals surface area contributed by atoms with Crippen LogP contribution in [0.1, 0.15) is 40.0 Å². The Labute approximate surface area is 164 Å². The third-order valence-corrected chi connectivity index (χ3v) is 7.01. The number of hydrogen-bond donors (Lipinski definition) is 1. The molecular weight excluding hydrogens is 384 g/mol. The molecule has 148 valence electrons. The van der Waals surface area contributed by atoms with Crippen molar-refractivity contribution in [2.24, 2.45) is 5.14 Å². The van der Waals surface area contributed by atoms with Crippen LogP contribution in [0.4, 0.5) is 0 Å². The third kappa shape index (κ3) is 4.14. The summed E-state index contributed by atoms with van der Waals surface area (Å²) in [6, 6.07) is 5.22. The van der Waals surface area contributed by atoms with E-state index in [1.54, 1.807) is 6.07 Å². The average Bonchev–Trinajstić information content (AvgIpc) is 2.95. The van der Waals surface area contributed by atoms with Crippen LogP contribution in [0.25, 0.3) is 11.0 Å². The van der Waals surface area contributed by atoms with Crippen LogP contribution in [0.15, 0.2) is 28.3 Å². The average molecular weight is 411 g/mol. The highest BCUT2D eigenvalue weighted by atomic mass is 32.2. The van der Waals surface area contributed by atoms with Crippen molar-refractivity contribution in [2.75, 3.05) is 5.75 Å². The van der Waals surface area contributed by atoms with Gasteiger partial charge in [-0.05, 0) is 58.2 Å². The number of aryl methyl sites for hydroxylation is 1. The van der Waals surface area contributed by atoms with Crippen LogP contribution in [0, 0.1) is 0 Å². The maximum atomic E-state index is 12.8. The van der Waals surface area contributed by atoms with E-state index in [0.29, 0.717) is 23.0 Å². The first-order valence-corrected chi connectivity index (χ1v) is 11.7. The van der Waals surface area contributed by atoms with Crippen molar-refractivity contribution in [3.05, 3.63) is 18.2 Å². The molecule has 1 aliphatic heterocycles. The summed E-state index contributed by atoms with van der Waals surface area (Å²) in [5.41, 5.74) is 1.40. The summed E-state index contributed by atoms with van der Waals surface area (Å²) in [5.74, 6) is 0.444. The van der Waals surface area contributed by atoms with Gasteiger partial charge in [-0.15, -0.1) is 0 Å². The number of sulfonamides is 1. The maximum Gasteiger partial charge on any atom is 0.238 e. The molecule has 1 amide bonds.